The van der Waals surface area contributed by atoms with Crippen molar-refractivity contribution in [3.8, 4) is 0 Å². The van der Waals surface area contributed by atoms with Crippen molar-refractivity contribution in [3.05, 3.63) is 22.4 Å². The van der Waals surface area contributed by atoms with Crippen molar-refractivity contribution in [3.63, 3.8) is 0 Å². The summed E-state index contributed by atoms with van der Waals surface area (Å²) in [5.41, 5.74) is 0. The van der Waals surface area contributed by atoms with Crippen LogP contribution in [0.2, 0.25) is 0 Å². The van der Waals surface area contributed by atoms with Crippen LogP contribution in [-0.4, -0.2) is 13.2 Å². The van der Waals surface area contributed by atoms with E-state index in [2.05, 4.69) is 31.4 Å². The highest BCUT2D eigenvalue weighted by atomic mass is 32.1. The zero-order valence-electron chi connectivity index (χ0n) is 8.62. The van der Waals surface area contributed by atoms with Gasteiger partial charge < -0.3 is 4.74 Å². The average molecular weight is 198 g/mol. The highest BCUT2D eigenvalue weighted by Gasteiger charge is 2.10. The van der Waals surface area contributed by atoms with Gasteiger partial charge in [-0.1, -0.05) is 19.9 Å². The van der Waals surface area contributed by atoms with Crippen LogP contribution in [0.25, 0.3) is 0 Å². The Bertz CT molecular complexity index is 216. The van der Waals surface area contributed by atoms with Gasteiger partial charge in [0.25, 0.3) is 0 Å². The predicted octanol–water partition coefficient (Wildman–Crippen LogP) is 3.35. The molecule has 1 unspecified atom stereocenters. The summed E-state index contributed by atoms with van der Waals surface area (Å²) in [5.74, 6) is 0.713. The molecule has 0 aromatic carbocycles. The van der Waals surface area contributed by atoms with Crippen molar-refractivity contribution in [2.24, 2.45) is 5.92 Å². The van der Waals surface area contributed by atoms with Gasteiger partial charge in [-0.25, -0.2) is 0 Å². The van der Waals surface area contributed by atoms with Crippen LogP contribution >= 0.6 is 11.3 Å². The summed E-state index contributed by atoms with van der Waals surface area (Å²) in [6.07, 6.45) is 2.60. The van der Waals surface area contributed by atoms with Crippen molar-refractivity contribution in [2.45, 2.75) is 32.8 Å². The minimum Gasteiger partial charge on any atom is -0.381 e. The Morgan fingerprint density at radius 3 is 2.69 bits per heavy atom. The van der Waals surface area contributed by atoms with Gasteiger partial charge in [0.1, 0.15) is 0 Å². The van der Waals surface area contributed by atoms with E-state index < -0.39 is 0 Å². The van der Waals surface area contributed by atoms with E-state index in [1.54, 1.807) is 7.11 Å². The highest BCUT2D eigenvalue weighted by molar-refractivity contribution is 7.09. The largest absolute Gasteiger partial charge is 0.381 e. The topological polar surface area (TPSA) is 9.23 Å². The molecule has 13 heavy (non-hydrogen) atoms. The molecule has 0 aliphatic heterocycles. The molecule has 0 aliphatic carbocycles. The lowest BCUT2D eigenvalue weighted by molar-refractivity contribution is 0.0854. The van der Waals surface area contributed by atoms with Gasteiger partial charge in [-0.05, 0) is 23.8 Å². The van der Waals surface area contributed by atoms with Gasteiger partial charge in [0.05, 0.1) is 6.10 Å². The van der Waals surface area contributed by atoms with E-state index in [0.717, 1.165) is 12.8 Å². The Morgan fingerprint density at radius 2 is 2.23 bits per heavy atom. The lowest BCUT2D eigenvalue weighted by Gasteiger charge is -2.16. The number of methoxy groups -OCH3 is 1. The van der Waals surface area contributed by atoms with Gasteiger partial charge in [-0.2, -0.15) is 0 Å². The fraction of sp³-hybridized carbons (Fsp3) is 0.636. The highest BCUT2D eigenvalue weighted by Crippen LogP contribution is 2.16. The van der Waals surface area contributed by atoms with Crippen LogP contribution < -0.4 is 0 Å². The summed E-state index contributed by atoms with van der Waals surface area (Å²) in [6.45, 7) is 4.47. The smallest absolute Gasteiger partial charge is 0.0622 e. The third kappa shape index (κ3) is 3.92. The van der Waals surface area contributed by atoms with Crippen molar-refractivity contribution < 1.29 is 4.74 Å². The van der Waals surface area contributed by atoms with Crippen LogP contribution in [0.5, 0.6) is 0 Å². The van der Waals surface area contributed by atoms with Gasteiger partial charge in [0.15, 0.2) is 0 Å². The zero-order valence-corrected chi connectivity index (χ0v) is 9.43. The van der Waals surface area contributed by atoms with Crippen molar-refractivity contribution in [2.75, 3.05) is 7.11 Å². The summed E-state index contributed by atoms with van der Waals surface area (Å²) in [6, 6.07) is 4.28. The molecule has 74 valence electrons. The monoisotopic (exact) mass is 198 g/mol. The maximum Gasteiger partial charge on any atom is 0.0622 e. The second-order valence-electron chi connectivity index (χ2n) is 3.77. The molecule has 1 aromatic heterocycles. The third-order valence-electron chi connectivity index (χ3n) is 2.08. The Hall–Kier alpha value is -0.340. The van der Waals surface area contributed by atoms with E-state index >= 15 is 0 Å². The molecule has 2 heteroatoms. The number of hydrogen-bond acceptors (Lipinski definition) is 2. The molecule has 0 N–H and O–H groups in total. The van der Waals surface area contributed by atoms with Crippen LogP contribution in [0, 0.1) is 5.92 Å². The number of ether oxygens (including phenoxy) is 1. The molecule has 0 fully saturated rings. The van der Waals surface area contributed by atoms with E-state index in [1.165, 1.54) is 4.88 Å². The van der Waals surface area contributed by atoms with E-state index in [4.69, 9.17) is 4.74 Å². The first-order valence-electron chi connectivity index (χ1n) is 4.77. The molecule has 1 heterocycles. The molecule has 1 atom stereocenters. The lowest BCUT2D eigenvalue weighted by Crippen LogP contribution is -2.15. The lowest BCUT2D eigenvalue weighted by atomic mass is 10.0. The first-order chi connectivity index (χ1) is 6.22. The zero-order chi connectivity index (χ0) is 9.68. The molecule has 0 bridgehead atoms. The molecule has 0 aliphatic rings. The van der Waals surface area contributed by atoms with Gasteiger partial charge >= 0.3 is 0 Å². The molecule has 1 rings (SSSR count). The van der Waals surface area contributed by atoms with Gasteiger partial charge in [-0.15, -0.1) is 11.3 Å². The Morgan fingerprint density at radius 1 is 1.46 bits per heavy atom. The van der Waals surface area contributed by atoms with Crippen LogP contribution in [0.1, 0.15) is 25.1 Å². The molecular formula is C11H18OS. The van der Waals surface area contributed by atoms with Crippen LogP contribution in [0.15, 0.2) is 17.5 Å². The van der Waals surface area contributed by atoms with E-state index in [0.29, 0.717) is 12.0 Å². The summed E-state index contributed by atoms with van der Waals surface area (Å²) >= 11 is 1.81. The summed E-state index contributed by atoms with van der Waals surface area (Å²) < 4.78 is 5.44. The summed E-state index contributed by atoms with van der Waals surface area (Å²) in [4.78, 5) is 1.42. The van der Waals surface area contributed by atoms with Crippen LogP contribution in [0.4, 0.5) is 0 Å². The maximum absolute atomic E-state index is 5.44. The summed E-state index contributed by atoms with van der Waals surface area (Å²) in [5, 5.41) is 2.12. The quantitative estimate of drug-likeness (QED) is 0.705. The van der Waals surface area contributed by atoms with Crippen molar-refractivity contribution in [1.82, 2.24) is 0 Å². The second-order valence-corrected chi connectivity index (χ2v) is 4.80. The SMILES string of the molecule is COC(Cc1cccs1)CC(C)C. The summed E-state index contributed by atoms with van der Waals surface area (Å²) in [7, 11) is 1.81. The normalized spacial score (nSPS) is 13.5. The fourth-order valence-electron chi connectivity index (χ4n) is 1.44. The maximum atomic E-state index is 5.44. The van der Waals surface area contributed by atoms with Crippen LogP contribution in [0.3, 0.4) is 0 Å². The van der Waals surface area contributed by atoms with Crippen molar-refractivity contribution >= 4 is 11.3 Å². The van der Waals surface area contributed by atoms with Crippen molar-refractivity contribution in [1.29, 1.82) is 0 Å². The Balaban J connectivity index is 2.40. The molecule has 0 saturated heterocycles. The molecule has 0 amide bonds. The third-order valence-corrected chi connectivity index (χ3v) is 2.98. The first-order valence-corrected chi connectivity index (χ1v) is 5.65. The molecule has 0 radical (unpaired) electrons. The predicted molar refractivity (Wildman–Crippen MR) is 58.3 cm³/mol. The first kappa shape index (κ1) is 10.7. The Kier molecular flexibility index (Phi) is 4.46. The molecular weight excluding hydrogens is 180 g/mol. The van der Waals surface area contributed by atoms with Gasteiger partial charge in [-0.3, -0.25) is 0 Å². The number of rotatable bonds is 5. The van der Waals surface area contributed by atoms with Gasteiger partial charge in [0.2, 0.25) is 0 Å². The van der Waals surface area contributed by atoms with Crippen LogP contribution in [-0.2, 0) is 11.2 Å². The molecule has 1 nitrogen and oxygen atoms in total. The van der Waals surface area contributed by atoms with E-state index in [9.17, 15) is 0 Å². The van der Waals surface area contributed by atoms with E-state index in [1.807, 2.05) is 11.3 Å². The number of thiophene rings is 1. The molecule has 0 saturated carbocycles. The number of hydrogen-bond donors (Lipinski definition) is 0. The van der Waals surface area contributed by atoms with E-state index in [-0.39, 0.29) is 0 Å². The standard InChI is InChI=1S/C11H18OS/c1-9(2)7-10(12-3)8-11-5-4-6-13-11/h4-6,9-10H,7-8H2,1-3H3. The molecule has 1 aromatic rings. The molecule has 0 spiro atoms. The Labute approximate surface area is 84.7 Å². The minimum atomic E-state index is 0.388. The fourth-order valence-corrected chi connectivity index (χ4v) is 2.21. The van der Waals surface area contributed by atoms with Gasteiger partial charge in [0, 0.05) is 18.4 Å². The minimum absolute atomic E-state index is 0.388. The average Bonchev–Trinajstić information content (AvgIpc) is 2.55. The second kappa shape index (κ2) is 5.40.